The molecule has 1 aromatic rings. The average Bonchev–Trinajstić information content (AvgIpc) is 2.18. The predicted molar refractivity (Wildman–Crippen MR) is 63.3 cm³/mol. The standard InChI is InChI=1S/C12H18N3/c1-10(2)15(11(3)4)9-14-12-5-7-13-8-6-12/h5,7-11H,1-4H3. The molecular weight excluding hydrogens is 186 g/mol. The van der Waals surface area contributed by atoms with Gasteiger partial charge in [-0.1, -0.05) is 0 Å². The zero-order valence-corrected chi connectivity index (χ0v) is 9.81. The molecule has 0 aromatic carbocycles. The van der Waals surface area contributed by atoms with Gasteiger partial charge in [0.1, 0.15) is 0 Å². The number of hydrogen-bond donors (Lipinski definition) is 0. The van der Waals surface area contributed by atoms with Crippen molar-refractivity contribution in [3.63, 3.8) is 0 Å². The molecule has 0 aliphatic heterocycles. The van der Waals surface area contributed by atoms with Gasteiger partial charge < -0.3 is 4.90 Å². The lowest BCUT2D eigenvalue weighted by atomic mass is 10.2. The first-order valence-electron chi connectivity index (χ1n) is 5.24. The maximum absolute atomic E-state index is 4.35. The van der Waals surface area contributed by atoms with Crippen LogP contribution in [-0.4, -0.2) is 28.3 Å². The fourth-order valence-corrected chi connectivity index (χ4v) is 1.38. The molecule has 1 radical (unpaired) electrons. The van der Waals surface area contributed by atoms with E-state index < -0.39 is 0 Å². The molecule has 15 heavy (non-hydrogen) atoms. The first kappa shape index (κ1) is 11.7. The lowest BCUT2D eigenvalue weighted by Crippen LogP contribution is -2.35. The lowest BCUT2D eigenvalue weighted by molar-refractivity contribution is 0.301. The molecule has 0 fully saturated rings. The Kier molecular flexibility index (Phi) is 4.28. The Hall–Kier alpha value is -1.38. The van der Waals surface area contributed by atoms with E-state index in [9.17, 15) is 0 Å². The highest BCUT2D eigenvalue weighted by molar-refractivity contribution is 5.61. The van der Waals surface area contributed by atoms with Gasteiger partial charge in [-0.2, -0.15) is 0 Å². The molecule has 0 bridgehead atoms. The molecule has 0 spiro atoms. The maximum Gasteiger partial charge on any atom is 0.0917 e. The second-order valence-corrected chi connectivity index (χ2v) is 4.00. The van der Waals surface area contributed by atoms with Crippen molar-refractivity contribution in [2.45, 2.75) is 39.8 Å². The lowest BCUT2D eigenvalue weighted by Gasteiger charge is -2.28. The van der Waals surface area contributed by atoms with Crippen molar-refractivity contribution in [3.8, 4) is 0 Å². The van der Waals surface area contributed by atoms with E-state index in [0.717, 1.165) is 5.69 Å². The Morgan fingerprint density at radius 3 is 2.47 bits per heavy atom. The van der Waals surface area contributed by atoms with Gasteiger partial charge in [0, 0.05) is 30.5 Å². The molecule has 0 saturated carbocycles. The quantitative estimate of drug-likeness (QED) is 0.557. The molecule has 1 rings (SSSR count). The number of aliphatic imine (C=N–C) groups is 1. The number of nitrogens with zero attached hydrogens (tertiary/aromatic N) is 3. The summed E-state index contributed by atoms with van der Waals surface area (Å²) in [5.41, 5.74) is 0.816. The van der Waals surface area contributed by atoms with Gasteiger partial charge in [0.2, 0.25) is 0 Å². The molecule has 0 aliphatic rings. The van der Waals surface area contributed by atoms with Crippen molar-refractivity contribution in [1.82, 2.24) is 9.88 Å². The molecule has 3 nitrogen and oxygen atoms in total. The molecule has 0 atom stereocenters. The number of hydrogen-bond acceptors (Lipinski definition) is 2. The molecule has 81 valence electrons. The first-order valence-corrected chi connectivity index (χ1v) is 5.24. The van der Waals surface area contributed by atoms with E-state index in [1.54, 1.807) is 12.4 Å². The van der Waals surface area contributed by atoms with Gasteiger partial charge in [0.05, 0.1) is 12.0 Å². The summed E-state index contributed by atoms with van der Waals surface area (Å²) in [5.74, 6) is 0. The van der Waals surface area contributed by atoms with Gasteiger partial charge in [-0.15, -0.1) is 0 Å². The molecule has 0 amide bonds. The van der Waals surface area contributed by atoms with E-state index in [1.165, 1.54) is 0 Å². The predicted octanol–water partition coefficient (Wildman–Crippen LogP) is 2.66. The average molecular weight is 204 g/mol. The van der Waals surface area contributed by atoms with E-state index in [4.69, 9.17) is 0 Å². The molecule has 0 saturated heterocycles. The summed E-state index contributed by atoms with van der Waals surface area (Å²) in [7, 11) is 0. The first-order chi connectivity index (χ1) is 7.11. The normalized spacial score (nSPS) is 11.6. The highest BCUT2D eigenvalue weighted by Gasteiger charge is 2.08. The van der Waals surface area contributed by atoms with Crippen LogP contribution in [0, 0.1) is 6.07 Å². The van der Waals surface area contributed by atoms with Crippen LogP contribution in [0.3, 0.4) is 0 Å². The van der Waals surface area contributed by atoms with Gasteiger partial charge in [0.15, 0.2) is 0 Å². The monoisotopic (exact) mass is 204 g/mol. The van der Waals surface area contributed by atoms with Gasteiger partial charge in [-0.3, -0.25) is 4.98 Å². The van der Waals surface area contributed by atoms with E-state index in [-0.39, 0.29) is 0 Å². The van der Waals surface area contributed by atoms with Crippen LogP contribution in [0.2, 0.25) is 0 Å². The maximum atomic E-state index is 4.35. The minimum atomic E-state index is 0.454. The molecule has 0 N–H and O–H groups in total. The van der Waals surface area contributed by atoms with Crippen LogP contribution in [0.1, 0.15) is 27.7 Å². The van der Waals surface area contributed by atoms with Gasteiger partial charge in [-0.05, 0) is 33.8 Å². The summed E-state index contributed by atoms with van der Waals surface area (Å²) < 4.78 is 0. The minimum absolute atomic E-state index is 0.454. The smallest absolute Gasteiger partial charge is 0.0917 e. The summed E-state index contributed by atoms with van der Waals surface area (Å²) >= 11 is 0. The summed E-state index contributed by atoms with van der Waals surface area (Å²) in [6, 6.07) is 5.72. The SMILES string of the molecule is CC(C)N(C=Nc1[c]cncc1)C(C)C. The van der Waals surface area contributed by atoms with Crippen LogP contribution in [0.5, 0.6) is 0 Å². The van der Waals surface area contributed by atoms with Gasteiger partial charge >= 0.3 is 0 Å². The zero-order chi connectivity index (χ0) is 11.3. The van der Waals surface area contributed by atoms with E-state index in [1.807, 2.05) is 12.4 Å². The van der Waals surface area contributed by atoms with Crippen LogP contribution < -0.4 is 0 Å². The molecule has 0 aliphatic carbocycles. The van der Waals surface area contributed by atoms with Crippen molar-refractivity contribution in [1.29, 1.82) is 0 Å². The molecular formula is C12H18N3. The second-order valence-electron chi connectivity index (χ2n) is 4.00. The van der Waals surface area contributed by atoms with Crippen molar-refractivity contribution in [3.05, 3.63) is 24.5 Å². The Morgan fingerprint density at radius 2 is 2.00 bits per heavy atom. The summed E-state index contributed by atoms with van der Waals surface area (Å²) in [6.45, 7) is 8.62. The number of pyridine rings is 1. The molecule has 1 heterocycles. The summed E-state index contributed by atoms with van der Waals surface area (Å²) in [6.07, 6.45) is 5.22. The fraction of sp³-hybridized carbons (Fsp3) is 0.500. The van der Waals surface area contributed by atoms with E-state index in [2.05, 4.69) is 48.6 Å². The third kappa shape index (κ3) is 3.70. The topological polar surface area (TPSA) is 28.5 Å². The highest BCUT2D eigenvalue weighted by atomic mass is 15.2. The van der Waals surface area contributed by atoms with Crippen LogP contribution in [0.25, 0.3) is 0 Å². The van der Waals surface area contributed by atoms with Crippen LogP contribution in [0.15, 0.2) is 23.5 Å². The second kappa shape index (κ2) is 5.49. The minimum Gasteiger partial charge on any atom is -0.358 e. The van der Waals surface area contributed by atoms with Crippen LogP contribution >= 0.6 is 0 Å². The summed E-state index contributed by atoms with van der Waals surface area (Å²) in [5, 5.41) is 0. The Bertz CT molecular complexity index is 296. The van der Waals surface area contributed by atoms with Crippen LogP contribution in [-0.2, 0) is 0 Å². The van der Waals surface area contributed by atoms with Crippen LogP contribution in [0.4, 0.5) is 5.69 Å². The van der Waals surface area contributed by atoms with Gasteiger partial charge in [-0.25, -0.2) is 4.99 Å². The highest BCUT2D eigenvalue weighted by Crippen LogP contribution is 2.08. The summed E-state index contributed by atoms with van der Waals surface area (Å²) in [4.78, 5) is 10.5. The van der Waals surface area contributed by atoms with Crippen molar-refractivity contribution < 1.29 is 0 Å². The largest absolute Gasteiger partial charge is 0.358 e. The van der Waals surface area contributed by atoms with Crippen molar-refractivity contribution >= 4 is 12.0 Å². The molecule has 0 unspecified atom stereocenters. The number of aromatic nitrogens is 1. The zero-order valence-electron chi connectivity index (χ0n) is 9.81. The molecule has 1 aromatic heterocycles. The third-order valence-electron chi connectivity index (χ3n) is 2.13. The molecule has 3 heteroatoms. The Morgan fingerprint density at radius 1 is 1.33 bits per heavy atom. The Balaban J connectivity index is 2.70. The van der Waals surface area contributed by atoms with Crippen molar-refractivity contribution in [2.24, 2.45) is 4.99 Å². The van der Waals surface area contributed by atoms with E-state index in [0.29, 0.717) is 12.1 Å². The third-order valence-corrected chi connectivity index (χ3v) is 2.13. The number of rotatable bonds is 4. The van der Waals surface area contributed by atoms with E-state index >= 15 is 0 Å². The fourth-order valence-electron chi connectivity index (χ4n) is 1.38. The van der Waals surface area contributed by atoms with Crippen molar-refractivity contribution in [2.75, 3.05) is 0 Å². The Labute approximate surface area is 91.9 Å². The van der Waals surface area contributed by atoms with Gasteiger partial charge in [0.25, 0.3) is 0 Å².